The molecule has 0 fully saturated rings. The van der Waals surface area contributed by atoms with Gasteiger partial charge in [0.1, 0.15) is 0 Å². The third kappa shape index (κ3) is 2.18. The van der Waals surface area contributed by atoms with Crippen molar-refractivity contribution in [3.63, 3.8) is 0 Å². The van der Waals surface area contributed by atoms with Crippen LogP contribution < -0.4 is 5.73 Å². The zero-order valence-electron chi connectivity index (χ0n) is 11.6. The van der Waals surface area contributed by atoms with Crippen LogP contribution in [0.5, 0.6) is 0 Å². The number of aromatic nitrogens is 4. The summed E-state index contributed by atoms with van der Waals surface area (Å²) in [6.45, 7) is 4.96. The van der Waals surface area contributed by atoms with Gasteiger partial charge in [-0.25, -0.2) is 4.98 Å². The van der Waals surface area contributed by atoms with E-state index in [2.05, 4.69) is 15.1 Å². The Labute approximate surface area is 116 Å². The highest BCUT2D eigenvalue weighted by atomic mass is 16.5. The molecule has 0 saturated heterocycles. The van der Waals surface area contributed by atoms with Crippen molar-refractivity contribution in [2.45, 2.75) is 25.8 Å². The number of nitrogens with zero attached hydrogens (tertiary/aromatic N) is 4. The fraction of sp³-hybridized carbons (Fsp3) is 0.357. The first kappa shape index (κ1) is 12.8. The fourth-order valence-electron chi connectivity index (χ4n) is 1.97. The zero-order valence-corrected chi connectivity index (χ0v) is 11.6. The van der Waals surface area contributed by atoms with Crippen LogP contribution in [0.1, 0.15) is 25.6 Å². The summed E-state index contributed by atoms with van der Waals surface area (Å²) in [6.07, 6.45) is 1.79. The molecule has 0 aliphatic carbocycles. The molecule has 0 radical (unpaired) electrons. The van der Waals surface area contributed by atoms with E-state index in [-0.39, 0.29) is 5.41 Å². The normalized spacial score (nSPS) is 12.2. The van der Waals surface area contributed by atoms with E-state index in [0.29, 0.717) is 24.8 Å². The zero-order chi connectivity index (χ0) is 14.2. The monoisotopic (exact) mass is 271 g/mol. The molecule has 104 valence electrons. The SMILES string of the molecule is CC(C)(CN)c1nc(Cn2cnc3ccccc32)no1. The molecule has 0 unspecified atom stereocenters. The predicted octanol–water partition coefficient (Wildman–Crippen LogP) is 1.70. The van der Waals surface area contributed by atoms with Gasteiger partial charge in [0.05, 0.1) is 29.3 Å². The Kier molecular flexibility index (Phi) is 3.02. The van der Waals surface area contributed by atoms with E-state index in [1.807, 2.05) is 42.7 Å². The Balaban J connectivity index is 1.88. The van der Waals surface area contributed by atoms with Gasteiger partial charge in [0, 0.05) is 6.54 Å². The summed E-state index contributed by atoms with van der Waals surface area (Å²) in [4.78, 5) is 8.77. The Morgan fingerprint density at radius 3 is 2.90 bits per heavy atom. The molecule has 0 spiro atoms. The van der Waals surface area contributed by atoms with Crippen LogP contribution in [0.15, 0.2) is 35.1 Å². The molecule has 0 amide bonds. The molecule has 3 rings (SSSR count). The maximum Gasteiger partial charge on any atom is 0.233 e. The van der Waals surface area contributed by atoms with E-state index >= 15 is 0 Å². The van der Waals surface area contributed by atoms with E-state index in [1.165, 1.54) is 0 Å². The van der Waals surface area contributed by atoms with Gasteiger partial charge in [-0.3, -0.25) is 0 Å². The van der Waals surface area contributed by atoms with E-state index in [0.717, 1.165) is 11.0 Å². The van der Waals surface area contributed by atoms with Crippen LogP contribution in [-0.2, 0) is 12.0 Å². The average Bonchev–Trinajstić information content (AvgIpc) is 3.08. The van der Waals surface area contributed by atoms with Gasteiger partial charge in [0.25, 0.3) is 0 Å². The Hall–Kier alpha value is -2.21. The van der Waals surface area contributed by atoms with Crippen molar-refractivity contribution >= 4 is 11.0 Å². The van der Waals surface area contributed by atoms with Gasteiger partial charge in [-0.05, 0) is 26.0 Å². The van der Waals surface area contributed by atoms with Gasteiger partial charge in [-0.2, -0.15) is 4.98 Å². The van der Waals surface area contributed by atoms with Crippen LogP contribution in [0, 0.1) is 0 Å². The number of para-hydroxylation sites is 2. The van der Waals surface area contributed by atoms with E-state index < -0.39 is 0 Å². The van der Waals surface area contributed by atoms with Crippen molar-refractivity contribution < 1.29 is 4.52 Å². The molecule has 0 aliphatic rings. The van der Waals surface area contributed by atoms with Gasteiger partial charge in [0.2, 0.25) is 5.89 Å². The van der Waals surface area contributed by atoms with Crippen LogP contribution in [0.3, 0.4) is 0 Å². The average molecular weight is 271 g/mol. The smallest absolute Gasteiger partial charge is 0.233 e. The molecule has 0 aliphatic heterocycles. The predicted molar refractivity (Wildman–Crippen MR) is 75.2 cm³/mol. The lowest BCUT2D eigenvalue weighted by molar-refractivity contribution is 0.309. The number of fused-ring (bicyclic) bond motifs is 1. The molecule has 6 heteroatoms. The minimum Gasteiger partial charge on any atom is -0.339 e. The highest BCUT2D eigenvalue weighted by Crippen LogP contribution is 2.20. The highest BCUT2D eigenvalue weighted by molar-refractivity contribution is 5.74. The Morgan fingerprint density at radius 2 is 2.10 bits per heavy atom. The summed E-state index contributed by atoms with van der Waals surface area (Å²) in [5.74, 6) is 1.20. The largest absolute Gasteiger partial charge is 0.339 e. The Bertz CT molecular complexity index is 728. The summed E-state index contributed by atoms with van der Waals surface area (Å²) < 4.78 is 7.31. The topological polar surface area (TPSA) is 82.8 Å². The summed E-state index contributed by atoms with van der Waals surface area (Å²) in [5.41, 5.74) is 7.42. The first-order valence-electron chi connectivity index (χ1n) is 6.53. The molecule has 1 aromatic carbocycles. The third-order valence-corrected chi connectivity index (χ3v) is 3.40. The molecule has 2 aromatic heterocycles. The number of rotatable bonds is 4. The maximum atomic E-state index is 5.72. The minimum atomic E-state index is -0.303. The summed E-state index contributed by atoms with van der Waals surface area (Å²) >= 11 is 0. The molecule has 3 aromatic rings. The molecule has 20 heavy (non-hydrogen) atoms. The van der Waals surface area contributed by atoms with Gasteiger partial charge in [0.15, 0.2) is 5.82 Å². The third-order valence-electron chi connectivity index (χ3n) is 3.40. The molecule has 0 saturated carbocycles. The van der Waals surface area contributed by atoms with Crippen molar-refractivity contribution in [2.75, 3.05) is 6.54 Å². The van der Waals surface area contributed by atoms with Crippen molar-refractivity contribution in [1.82, 2.24) is 19.7 Å². The van der Waals surface area contributed by atoms with Crippen molar-refractivity contribution in [3.05, 3.63) is 42.3 Å². The quantitative estimate of drug-likeness (QED) is 0.781. The molecule has 2 N–H and O–H groups in total. The highest BCUT2D eigenvalue weighted by Gasteiger charge is 2.26. The second-order valence-corrected chi connectivity index (χ2v) is 5.46. The second-order valence-electron chi connectivity index (χ2n) is 5.46. The molecular weight excluding hydrogens is 254 g/mol. The van der Waals surface area contributed by atoms with Gasteiger partial charge < -0.3 is 14.8 Å². The van der Waals surface area contributed by atoms with Crippen LogP contribution in [0.25, 0.3) is 11.0 Å². The fourth-order valence-corrected chi connectivity index (χ4v) is 1.97. The maximum absolute atomic E-state index is 5.72. The number of hydrogen-bond donors (Lipinski definition) is 1. The van der Waals surface area contributed by atoms with Crippen molar-refractivity contribution in [2.24, 2.45) is 5.73 Å². The summed E-state index contributed by atoms with van der Waals surface area (Å²) in [7, 11) is 0. The van der Waals surface area contributed by atoms with E-state index in [4.69, 9.17) is 10.3 Å². The minimum absolute atomic E-state index is 0.303. The van der Waals surface area contributed by atoms with Crippen LogP contribution in [0.4, 0.5) is 0 Å². The van der Waals surface area contributed by atoms with E-state index in [9.17, 15) is 0 Å². The van der Waals surface area contributed by atoms with Gasteiger partial charge in [-0.1, -0.05) is 17.3 Å². The number of hydrogen-bond acceptors (Lipinski definition) is 5. The molecule has 2 heterocycles. The first-order chi connectivity index (χ1) is 9.60. The lowest BCUT2D eigenvalue weighted by atomic mass is 9.94. The summed E-state index contributed by atoms with van der Waals surface area (Å²) in [5, 5.41) is 4.02. The molecule has 6 nitrogen and oxygen atoms in total. The lowest BCUT2D eigenvalue weighted by Crippen LogP contribution is -2.28. The molecular formula is C14H17N5O. The Morgan fingerprint density at radius 1 is 1.30 bits per heavy atom. The first-order valence-corrected chi connectivity index (χ1v) is 6.53. The van der Waals surface area contributed by atoms with Crippen LogP contribution in [-0.4, -0.2) is 26.2 Å². The number of imidazole rings is 1. The van der Waals surface area contributed by atoms with Crippen LogP contribution >= 0.6 is 0 Å². The van der Waals surface area contributed by atoms with E-state index in [1.54, 1.807) is 6.33 Å². The lowest BCUT2D eigenvalue weighted by Gasteiger charge is -2.15. The van der Waals surface area contributed by atoms with Gasteiger partial charge in [-0.15, -0.1) is 0 Å². The second kappa shape index (κ2) is 4.72. The number of nitrogens with two attached hydrogens (primary N) is 1. The van der Waals surface area contributed by atoms with Crippen LogP contribution in [0.2, 0.25) is 0 Å². The molecule has 0 atom stereocenters. The molecule has 0 bridgehead atoms. The van der Waals surface area contributed by atoms with Crippen molar-refractivity contribution in [3.8, 4) is 0 Å². The number of benzene rings is 1. The van der Waals surface area contributed by atoms with Crippen molar-refractivity contribution in [1.29, 1.82) is 0 Å². The standard InChI is InChI=1S/C14H17N5O/c1-14(2,8-15)13-17-12(18-20-13)7-19-9-16-10-5-3-4-6-11(10)19/h3-6,9H,7-8,15H2,1-2H3. The van der Waals surface area contributed by atoms with Gasteiger partial charge >= 0.3 is 0 Å². The summed E-state index contributed by atoms with van der Waals surface area (Å²) in [6, 6.07) is 7.95.